The van der Waals surface area contributed by atoms with Crippen LogP contribution in [0.3, 0.4) is 0 Å². The monoisotopic (exact) mass is 359 g/mol. The Labute approximate surface area is 150 Å². The molecule has 1 aromatic carbocycles. The Balaban J connectivity index is 0.000000260. The van der Waals surface area contributed by atoms with Crippen molar-refractivity contribution in [2.45, 2.75) is 31.8 Å². The van der Waals surface area contributed by atoms with E-state index in [9.17, 15) is 9.59 Å². The molecule has 1 heterocycles. The normalized spacial score (nSPS) is 18.2. The van der Waals surface area contributed by atoms with Gasteiger partial charge in [0.05, 0.1) is 12.8 Å². The summed E-state index contributed by atoms with van der Waals surface area (Å²) < 4.78 is 5.30. The zero-order valence-electron chi connectivity index (χ0n) is 14.5. The van der Waals surface area contributed by atoms with Gasteiger partial charge in [0.2, 0.25) is 0 Å². The Kier molecular flexibility index (Phi) is 6.24. The Hall–Kier alpha value is -3.00. The van der Waals surface area contributed by atoms with Gasteiger partial charge in [-0.2, -0.15) is 10.2 Å². The molecule has 0 saturated carbocycles. The summed E-state index contributed by atoms with van der Waals surface area (Å²) in [6.07, 6.45) is 2.84. The van der Waals surface area contributed by atoms with E-state index in [2.05, 4.69) is 22.4 Å². The molecule has 138 valence electrons. The Morgan fingerprint density at radius 3 is 2.54 bits per heavy atom. The fourth-order valence-electron chi connectivity index (χ4n) is 2.84. The smallest absolute Gasteiger partial charge is 0.328 e. The maximum atomic E-state index is 9.55. The lowest BCUT2D eigenvalue weighted by atomic mass is 9.96. The third kappa shape index (κ3) is 4.76. The number of hydrogen-bond acceptors (Lipinski definition) is 6. The van der Waals surface area contributed by atoms with Crippen LogP contribution >= 0.6 is 0 Å². The second kappa shape index (κ2) is 8.39. The molecule has 2 atom stereocenters. The molecule has 4 N–H and O–H groups in total. The first-order chi connectivity index (χ1) is 12.3. The van der Waals surface area contributed by atoms with E-state index >= 15 is 0 Å². The molecule has 0 spiro atoms. The first kappa shape index (κ1) is 19.3. The molecule has 1 aromatic rings. The van der Waals surface area contributed by atoms with Gasteiger partial charge < -0.3 is 20.7 Å². The highest BCUT2D eigenvalue weighted by Crippen LogP contribution is 2.43. The minimum atomic E-state index is -1.26. The number of benzene rings is 1. The van der Waals surface area contributed by atoms with E-state index in [0.29, 0.717) is 12.2 Å². The van der Waals surface area contributed by atoms with Gasteiger partial charge in [-0.3, -0.25) is 0 Å². The largest absolute Gasteiger partial charge is 0.497 e. The minimum absolute atomic E-state index is 0.119. The zero-order chi connectivity index (χ0) is 19.3. The third-order valence-electron chi connectivity index (χ3n) is 3.89. The van der Waals surface area contributed by atoms with Gasteiger partial charge in [-0.1, -0.05) is 6.07 Å². The van der Waals surface area contributed by atoms with Crippen molar-refractivity contribution in [2.24, 2.45) is 16.0 Å². The number of carbonyl (C=O) groups is 2. The van der Waals surface area contributed by atoms with Gasteiger partial charge in [-0.15, -0.1) is 0 Å². The zero-order valence-corrected chi connectivity index (χ0v) is 14.5. The van der Waals surface area contributed by atoms with Crippen LogP contribution in [0.5, 0.6) is 5.75 Å². The number of allylic oxidation sites excluding steroid dienone is 1. The predicted molar refractivity (Wildman–Crippen MR) is 94.9 cm³/mol. The molecule has 8 heteroatoms. The van der Waals surface area contributed by atoms with E-state index < -0.39 is 11.9 Å². The molecular formula is C18H21N3O5. The maximum Gasteiger partial charge on any atom is 0.328 e. The van der Waals surface area contributed by atoms with Gasteiger partial charge in [0, 0.05) is 30.2 Å². The van der Waals surface area contributed by atoms with E-state index in [0.717, 1.165) is 24.3 Å². The quantitative estimate of drug-likeness (QED) is 0.690. The fourth-order valence-corrected chi connectivity index (χ4v) is 2.84. The maximum absolute atomic E-state index is 9.55. The number of fused-ring (bicyclic) bond motifs is 2. The van der Waals surface area contributed by atoms with Crippen LogP contribution in [0.2, 0.25) is 0 Å². The van der Waals surface area contributed by atoms with Crippen LogP contribution in [-0.4, -0.2) is 41.3 Å². The highest BCUT2D eigenvalue weighted by molar-refractivity contribution is 5.89. The van der Waals surface area contributed by atoms with Gasteiger partial charge in [-0.05, 0) is 36.6 Å². The van der Waals surface area contributed by atoms with Crippen molar-refractivity contribution in [1.82, 2.24) is 0 Å². The first-order valence-corrected chi connectivity index (χ1v) is 8.02. The molecule has 1 aliphatic heterocycles. The van der Waals surface area contributed by atoms with E-state index in [4.69, 9.17) is 20.7 Å². The summed E-state index contributed by atoms with van der Waals surface area (Å²) in [6, 6.07) is 6.45. The summed E-state index contributed by atoms with van der Waals surface area (Å²) in [4.78, 5) is 19.1. The molecule has 1 aliphatic carbocycles. The van der Waals surface area contributed by atoms with E-state index in [1.54, 1.807) is 7.11 Å². The molecule has 1 unspecified atom stereocenters. The number of nitrogens with zero attached hydrogens (tertiary/aromatic N) is 2. The van der Waals surface area contributed by atoms with Crippen LogP contribution in [0.4, 0.5) is 0 Å². The number of rotatable bonds is 5. The Morgan fingerprint density at radius 2 is 2.00 bits per heavy atom. The van der Waals surface area contributed by atoms with Gasteiger partial charge in [0.1, 0.15) is 11.8 Å². The van der Waals surface area contributed by atoms with Crippen LogP contribution in [0.15, 0.2) is 46.3 Å². The Morgan fingerprint density at radius 1 is 1.35 bits per heavy atom. The van der Waals surface area contributed by atoms with Gasteiger partial charge >= 0.3 is 11.9 Å². The van der Waals surface area contributed by atoms with Crippen molar-refractivity contribution in [1.29, 1.82) is 0 Å². The molecule has 0 aromatic heterocycles. The third-order valence-corrected chi connectivity index (χ3v) is 3.89. The molecular weight excluding hydrogens is 338 g/mol. The fraction of sp³-hybridized carbons (Fsp3) is 0.333. The van der Waals surface area contributed by atoms with Crippen molar-refractivity contribution in [3.63, 3.8) is 0 Å². The van der Waals surface area contributed by atoms with Crippen molar-refractivity contribution in [2.75, 3.05) is 7.11 Å². The van der Waals surface area contributed by atoms with Crippen LogP contribution in [-0.2, 0) is 16.0 Å². The molecule has 8 nitrogen and oxygen atoms in total. The second-order valence-electron chi connectivity index (χ2n) is 6.01. The SMILES string of the molecule is COc1ccc2c(c1)C1=C(C2)N=NC1C[C@H](C)N.O=C(O)C=CC(=O)O. The van der Waals surface area contributed by atoms with Crippen LogP contribution in [0, 0.1) is 0 Å². The summed E-state index contributed by atoms with van der Waals surface area (Å²) in [5.41, 5.74) is 10.8. The number of hydrogen-bond donors (Lipinski definition) is 3. The first-order valence-electron chi connectivity index (χ1n) is 8.02. The lowest BCUT2D eigenvalue weighted by molar-refractivity contribution is -0.134. The standard InChI is InChI=1S/C14H17N3O.C4H4O4/c1-8(15)5-12-14-11-7-10(18-2)4-3-9(11)6-13(14)17-16-12;5-3(6)1-2-4(7)8/h3-4,7-8,12H,5-6,15H2,1-2H3;1-2H,(H,5,6)(H,7,8)/t8-,12?;/m0./s1. The number of carboxylic acid groups (broad SMARTS) is 2. The number of methoxy groups -OCH3 is 1. The summed E-state index contributed by atoms with van der Waals surface area (Å²) in [5.74, 6) is -1.63. The van der Waals surface area contributed by atoms with Crippen molar-refractivity contribution in [3.05, 3.63) is 47.2 Å². The van der Waals surface area contributed by atoms with Gasteiger partial charge in [-0.25, -0.2) is 9.59 Å². The number of ether oxygens (including phenoxy) is 1. The topological polar surface area (TPSA) is 135 Å². The predicted octanol–water partition coefficient (Wildman–Crippen LogP) is 2.25. The van der Waals surface area contributed by atoms with Crippen molar-refractivity contribution < 1.29 is 24.5 Å². The lowest BCUT2D eigenvalue weighted by Gasteiger charge is -2.14. The van der Waals surface area contributed by atoms with Crippen molar-refractivity contribution in [3.8, 4) is 5.75 Å². The second-order valence-corrected chi connectivity index (χ2v) is 6.01. The average molecular weight is 359 g/mol. The average Bonchev–Trinajstić information content (AvgIpc) is 3.12. The molecule has 0 saturated heterocycles. The summed E-state index contributed by atoms with van der Waals surface area (Å²) in [6.45, 7) is 2.01. The van der Waals surface area contributed by atoms with Gasteiger partial charge in [0.25, 0.3) is 0 Å². The minimum Gasteiger partial charge on any atom is -0.497 e. The lowest BCUT2D eigenvalue weighted by Crippen LogP contribution is -2.21. The summed E-state index contributed by atoms with van der Waals surface area (Å²) in [7, 11) is 1.69. The van der Waals surface area contributed by atoms with E-state index in [-0.39, 0.29) is 12.1 Å². The Bertz CT molecular complexity index is 780. The van der Waals surface area contributed by atoms with Crippen molar-refractivity contribution >= 4 is 17.5 Å². The van der Waals surface area contributed by atoms with Crippen LogP contribution in [0.1, 0.15) is 24.5 Å². The molecule has 2 aliphatic rings. The number of carboxylic acids is 2. The molecule has 3 rings (SSSR count). The molecule has 0 fully saturated rings. The van der Waals surface area contributed by atoms with Crippen LogP contribution in [0.25, 0.3) is 5.57 Å². The molecule has 26 heavy (non-hydrogen) atoms. The molecule has 0 radical (unpaired) electrons. The highest BCUT2D eigenvalue weighted by Gasteiger charge is 2.32. The number of aliphatic carboxylic acids is 2. The summed E-state index contributed by atoms with van der Waals surface area (Å²) in [5, 5.41) is 24.3. The van der Waals surface area contributed by atoms with Crippen LogP contribution < -0.4 is 10.5 Å². The van der Waals surface area contributed by atoms with E-state index in [1.807, 2.05) is 13.0 Å². The summed E-state index contributed by atoms with van der Waals surface area (Å²) >= 11 is 0. The highest BCUT2D eigenvalue weighted by atomic mass is 16.5. The number of nitrogens with two attached hydrogens (primary N) is 1. The van der Waals surface area contributed by atoms with E-state index in [1.165, 1.54) is 16.7 Å². The molecule has 0 amide bonds. The number of azo groups is 1. The van der Waals surface area contributed by atoms with Gasteiger partial charge in [0.15, 0.2) is 0 Å². The molecule has 0 bridgehead atoms.